The third kappa shape index (κ3) is 10.2. The summed E-state index contributed by atoms with van der Waals surface area (Å²) < 4.78 is 86.5. The first-order chi connectivity index (χ1) is 28.0. The first-order valence-corrected chi connectivity index (χ1v) is 18.7. The maximum absolute atomic E-state index is 15.2. The molecule has 0 spiro atoms. The number of ether oxygens (including phenoxy) is 3. The molecule has 59 heavy (non-hydrogen) atoms. The minimum absolute atomic E-state index is 0.134. The summed E-state index contributed by atoms with van der Waals surface area (Å²) in [6.07, 6.45) is -0.981. The number of nitrogens with two attached hydrogens (primary N) is 1. The monoisotopic (exact) mass is 826 g/mol. The summed E-state index contributed by atoms with van der Waals surface area (Å²) in [7, 11) is 0. The smallest absolute Gasteiger partial charge is 0.301 e. The average Bonchev–Trinajstić information content (AvgIpc) is 3.88. The Labute approximate surface area is 335 Å². The molecule has 4 aromatic heterocycles. The van der Waals surface area contributed by atoms with Crippen LogP contribution in [0, 0.1) is 24.0 Å². The fraction of sp³-hybridized carbons (Fsp3) is 0.436. The van der Waals surface area contributed by atoms with Crippen molar-refractivity contribution in [3.05, 3.63) is 93.2 Å². The number of pyridine rings is 2. The largest absolute Gasteiger partial charge is 0.474 e. The van der Waals surface area contributed by atoms with Crippen molar-refractivity contribution in [2.45, 2.75) is 109 Å². The van der Waals surface area contributed by atoms with Crippen molar-refractivity contribution in [1.82, 2.24) is 30.4 Å². The number of benzene rings is 1. The Morgan fingerprint density at radius 2 is 1.49 bits per heavy atom. The van der Waals surface area contributed by atoms with Gasteiger partial charge in [-0.2, -0.15) is 8.78 Å². The maximum Gasteiger partial charge on any atom is 0.301 e. The fourth-order valence-electron chi connectivity index (χ4n) is 6.15. The number of anilines is 1. The molecule has 0 aliphatic carbocycles. The van der Waals surface area contributed by atoms with Crippen LogP contribution in [0.4, 0.5) is 28.9 Å². The SMILES string of the molecule is Cc1cc(N)c2nc1O[C@H](C)CCCCC(F)(F)C(O)c1nnc-2o1.Cc1cc([N+](=O)[O-])c2nc1O[C@H](C)CCC=CC(F)(F)C(OCc1ccccc1)c1nnc-2o1. The van der Waals surface area contributed by atoms with Gasteiger partial charge in [-0.05, 0) is 77.5 Å². The molecule has 314 valence electrons. The third-order valence-corrected chi connectivity index (χ3v) is 9.37. The van der Waals surface area contributed by atoms with Crippen molar-refractivity contribution in [1.29, 1.82) is 0 Å². The normalized spacial score (nSPS) is 21.4. The Balaban J connectivity index is 0.000000208. The van der Waals surface area contributed by atoms with E-state index in [2.05, 4.69) is 30.4 Å². The first-order valence-electron chi connectivity index (χ1n) is 18.7. The Kier molecular flexibility index (Phi) is 12.9. The van der Waals surface area contributed by atoms with Gasteiger partial charge in [0.25, 0.3) is 29.5 Å². The molecule has 2 aliphatic rings. The molecule has 2 unspecified atom stereocenters. The van der Waals surface area contributed by atoms with E-state index in [0.717, 1.165) is 11.6 Å². The standard InChI is InChI=1S/C23H22F2N4O5.C16H20F2N4O3/c1-14-12-17(29(30)31)18-21-27-28-22(34-21)19(32-13-16-9-4-3-5-10-16)23(24,25)11-7-6-8-15(2)33-20(14)26-18;1-8-7-10(19)11-14-21-22-15(25-14)12(23)16(17,18)6-4-3-5-9(2)24-13(8)20-11/h3-5,7,9-12,15,19H,6,8,13H2,1-2H3;7,9,12,23H,3-6,19H2,1-2H3/t15-,19?;9-,12?/m11/s1. The Hall–Kier alpha value is -6.02. The summed E-state index contributed by atoms with van der Waals surface area (Å²) >= 11 is 0. The zero-order valence-corrected chi connectivity index (χ0v) is 32.5. The van der Waals surface area contributed by atoms with Crippen LogP contribution in [-0.4, -0.2) is 64.4 Å². The fourth-order valence-corrected chi connectivity index (χ4v) is 6.15. The third-order valence-electron chi connectivity index (χ3n) is 9.37. The van der Waals surface area contributed by atoms with E-state index in [1.54, 1.807) is 50.2 Å². The van der Waals surface area contributed by atoms with Crippen molar-refractivity contribution >= 4 is 11.4 Å². The number of nitrogens with zero attached hydrogens (tertiary/aromatic N) is 7. The van der Waals surface area contributed by atoms with Gasteiger partial charge in [0.1, 0.15) is 0 Å². The van der Waals surface area contributed by atoms with Crippen molar-refractivity contribution in [3.63, 3.8) is 0 Å². The van der Waals surface area contributed by atoms with Crippen LogP contribution in [0.1, 0.15) is 93.1 Å². The van der Waals surface area contributed by atoms with Gasteiger partial charge >= 0.3 is 11.6 Å². The van der Waals surface area contributed by atoms with E-state index in [-0.39, 0.29) is 60.0 Å². The minimum atomic E-state index is -3.50. The van der Waals surface area contributed by atoms with Gasteiger partial charge in [-0.25, -0.2) is 18.7 Å². The highest BCUT2D eigenvalue weighted by Gasteiger charge is 2.44. The van der Waals surface area contributed by atoms with Crippen molar-refractivity contribution in [3.8, 4) is 34.9 Å². The summed E-state index contributed by atoms with van der Waals surface area (Å²) in [6, 6.07) is 11.7. The number of alkyl halides is 4. The van der Waals surface area contributed by atoms with E-state index in [1.165, 1.54) is 12.1 Å². The number of nitrogen functional groups attached to an aromatic ring is 1. The molecule has 6 heterocycles. The average molecular weight is 827 g/mol. The minimum Gasteiger partial charge on any atom is -0.474 e. The van der Waals surface area contributed by atoms with Crippen LogP contribution >= 0.6 is 0 Å². The van der Waals surface area contributed by atoms with E-state index in [9.17, 15) is 24.0 Å². The molecule has 5 aromatic rings. The number of allylic oxidation sites excluding steroid dienone is 1. The molecule has 0 saturated heterocycles. The van der Waals surface area contributed by atoms with E-state index >= 15 is 8.78 Å². The summed E-state index contributed by atoms with van der Waals surface area (Å²) in [5, 5.41) is 36.3. The van der Waals surface area contributed by atoms with Crippen LogP contribution in [-0.2, 0) is 11.3 Å². The van der Waals surface area contributed by atoms with Crippen LogP contribution in [0.5, 0.6) is 11.8 Å². The molecule has 0 fully saturated rings. The predicted octanol–water partition coefficient (Wildman–Crippen LogP) is 8.39. The lowest BCUT2D eigenvalue weighted by atomic mass is 10.0. The van der Waals surface area contributed by atoms with Gasteiger partial charge in [0, 0.05) is 23.6 Å². The molecule has 0 saturated carbocycles. The van der Waals surface area contributed by atoms with Gasteiger partial charge < -0.3 is 33.9 Å². The van der Waals surface area contributed by atoms with E-state index in [4.69, 9.17) is 28.8 Å². The number of hydrogen-bond acceptors (Lipinski definition) is 15. The molecule has 20 heteroatoms. The number of fused-ring (bicyclic) bond motifs is 10. The molecule has 2 aliphatic heterocycles. The zero-order chi connectivity index (χ0) is 42.5. The number of aryl methyl sites for hydroxylation is 2. The quantitative estimate of drug-likeness (QED) is 0.0752. The van der Waals surface area contributed by atoms with Gasteiger partial charge in [-0.3, -0.25) is 10.1 Å². The number of aliphatic hydroxyl groups excluding tert-OH is 1. The molecule has 7 rings (SSSR count). The van der Waals surface area contributed by atoms with Crippen LogP contribution in [0.15, 0.2) is 63.5 Å². The summed E-state index contributed by atoms with van der Waals surface area (Å²) in [5.41, 5.74) is 7.51. The van der Waals surface area contributed by atoms with Crippen LogP contribution in [0.2, 0.25) is 0 Å². The van der Waals surface area contributed by atoms with Crippen molar-refractivity contribution in [2.24, 2.45) is 0 Å². The van der Waals surface area contributed by atoms with E-state index in [0.29, 0.717) is 42.7 Å². The predicted molar refractivity (Wildman–Crippen MR) is 201 cm³/mol. The second-order valence-corrected chi connectivity index (χ2v) is 14.3. The second kappa shape index (κ2) is 17.9. The Bertz CT molecular complexity index is 2270. The van der Waals surface area contributed by atoms with Gasteiger partial charge in [0.05, 0.1) is 29.4 Å². The molecular weight excluding hydrogens is 784 g/mol. The highest BCUT2D eigenvalue weighted by molar-refractivity contribution is 5.68. The maximum atomic E-state index is 15.2. The van der Waals surface area contributed by atoms with Gasteiger partial charge in [-0.15, -0.1) is 20.4 Å². The Morgan fingerprint density at radius 3 is 2.19 bits per heavy atom. The number of nitro groups is 1. The van der Waals surface area contributed by atoms with Crippen molar-refractivity contribution in [2.75, 3.05) is 5.73 Å². The van der Waals surface area contributed by atoms with Gasteiger partial charge in [0.2, 0.25) is 23.6 Å². The summed E-state index contributed by atoms with van der Waals surface area (Å²) in [6.45, 7) is 6.91. The van der Waals surface area contributed by atoms with E-state index in [1.807, 2.05) is 13.8 Å². The molecule has 16 nitrogen and oxygen atoms in total. The molecule has 0 amide bonds. The summed E-state index contributed by atoms with van der Waals surface area (Å²) in [4.78, 5) is 19.5. The van der Waals surface area contributed by atoms with Gasteiger partial charge in [-0.1, -0.05) is 36.4 Å². The van der Waals surface area contributed by atoms with Crippen LogP contribution < -0.4 is 15.2 Å². The molecule has 8 bridgehead atoms. The lowest BCUT2D eigenvalue weighted by molar-refractivity contribution is -0.384. The van der Waals surface area contributed by atoms with Crippen LogP contribution in [0.25, 0.3) is 23.2 Å². The molecule has 3 N–H and O–H groups in total. The Morgan fingerprint density at radius 1 is 0.881 bits per heavy atom. The zero-order valence-electron chi connectivity index (χ0n) is 32.5. The summed E-state index contributed by atoms with van der Waals surface area (Å²) in [5.74, 6) is -7.93. The number of aliphatic hydroxyl groups is 1. The topological polar surface area (TPSA) is 221 Å². The number of halogens is 4. The number of aromatic nitrogens is 6. The second-order valence-electron chi connectivity index (χ2n) is 14.3. The number of hydrogen-bond donors (Lipinski definition) is 2. The van der Waals surface area contributed by atoms with Crippen LogP contribution in [0.3, 0.4) is 0 Å². The first kappa shape index (κ1) is 42.6. The number of rotatable bonds is 4. The molecule has 0 radical (unpaired) electrons. The van der Waals surface area contributed by atoms with E-state index < -0.39 is 52.9 Å². The highest BCUT2D eigenvalue weighted by atomic mass is 19.3. The highest BCUT2D eigenvalue weighted by Crippen LogP contribution is 2.40. The lowest BCUT2D eigenvalue weighted by Crippen LogP contribution is -2.27. The van der Waals surface area contributed by atoms with Gasteiger partial charge in [0.15, 0.2) is 11.8 Å². The molecule has 4 atom stereocenters. The van der Waals surface area contributed by atoms with Crippen molar-refractivity contribution < 1.29 is 50.6 Å². The molecule has 1 aromatic carbocycles. The lowest BCUT2D eigenvalue weighted by Gasteiger charge is -2.22. The molecular formula is C39H42F4N8O8.